The maximum absolute atomic E-state index is 12.9. The van der Waals surface area contributed by atoms with Gasteiger partial charge in [-0.25, -0.2) is 10.4 Å². The number of halogens is 3. The van der Waals surface area contributed by atoms with E-state index in [-0.39, 0.29) is 36.0 Å². The first-order valence-corrected chi connectivity index (χ1v) is 10.4. The van der Waals surface area contributed by atoms with Crippen molar-refractivity contribution in [2.45, 2.75) is 31.4 Å². The summed E-state index contributed by atoms with van der Waals surface area (Å²) in [5.41, 5.74) is 3.71. The summed E-state index contributed by atoms with van der Waals surface area (Å²) in [5, 5.41) is 12.9. The van der Waals surface area contributed by atoms with Gasteiger partial charge < -0.3 is 9.26 Å². The van der Waals surface area contributed by atoms with E-state index in [1.165, 1.54) is 17.1 Å². The van der Waals surface area contributed by atoms with Crippen LogP contribution in [0.3, 0.4) is 0 Å². The van der Waals surface area contributed by atoms with E-state index in [1.54, 1.807) is 22.7 Å². The molecule has 166 valence electrons. The molecule has 0 radical (unpaired) electrons. The van der Waals surface area contributed by atoms with Gasteiger partial charge in [-0.1, -0.05) is 11.2 Å². The summed E-state index contributed by atoms with van der Waals surface area (Å²) in [6.07, 6.45) is -2.61. The molecule has 2 aromatic heterocycles. The molecule has 13 heteroatoms. The summed E-state index contributed by atoms with van der Waals surface area (Å²) in [6, 6.07) is 8.69. The monoisotopic (exact) mass is 464 g/mol. The molecule has 1 amide bonds. The number of thiophene rings is 1. The minimum atomic E-state index is -4.77. The molecule has 2 aliphatic rings. The third-order valence-corrected chi connectivity index (χ3v) is 5.93. The van der Waals surface area contributed by atoms with Crippen LogP contribution < -0.4 is 10.2 Å². The van der Waals surface area contributed by atoms with Crippen molar-refractivity contribution in [3.63, 3.8) is 0 Å². The first kappa shape index (κ1) is 20.5. The zero-order valence-electron chi connectivity index (χ0n) is 16.2. The number of fused-ring (bicyclic) bond motifs is 1. The number of hydrogen-bond acceptors (Lipinski definition) is 9. The Hall–Kier alpha value is -3.45. The Kier molecular flexibility index (Phi) is 5.06. The van der Waals surface area contributed by atoms with Crippen LogP contribution in [0.1, 0.15) is 23.2 Å². The zero-order valence-corrected chi connectivity index (χ0v) is 17.0. The van der Waals surface area contributed by atoms with E-state index in [0.717, 1.165) is 17.0 Å². The number of alkyl halides is 3. The number of rotatable bonds is 5. The van der Waals surface area contributed by atoms with Gasteiger partial charge in [0, 0.05) is 16.9 Å². The predicted octanol–water partition coefficient (Wildman–Crippen LogP) is 3.30. The maximum Gasteiger partial charge on any atom is 0.573 e. The second kappa shape index (κ2) is 7.91. The summed E-state index contributed by atoms with van der Waals surface area (Å²) < 4.78 is 45.9. The molecule has 32 heavy (non-hydrogen) atoms. The van der Waals surface area contributed by atoms with Crippen LogP contribution >= 0.6 is 11.3 Å². The molecule has 9 nitrogen and oxygen atoms in total. The van der Waals surface area contributed by atoms with E-state index in [9.17, 15) is 18.0 Å². The van der Waals surface area contributed by atoms with Crippen molar-refractivity contribution in [1.82, 2.24) is 25.6 Å². The summed E-state index contributed by atoms with van der Waals surface area (Å²) in [6.45, 7) is -0.0222. The second-order valence-corrected chi connectivity index (χ2v) is 8.05. The Bertz CT molecular complexity index is 1130. The number of amides is 1. The quantitative estimate of drug-likeness (QED) is 0.619. The molecule has 4 heterocycles. The minimum Gasteiger partial charge on any atom is -0.406 e. The van der Waals surface area contributed by atoms with Gasteiger partial charge in [0.1, 0.15) is 24.7 Å². The van der Waals surface area contributed by atoms with E-state index in [1.807, 2.05) is 17.5 Å². The van der Waals surface area contributed by atoms with Gasteiger partial charge in [-0.15, -0.1) is 24.5 Å². The summed E-state index contributed by atoms with van der Waals surface area (Å²) in [5.74, 6) is -0.231. The van der Waals surface area contributed by atoms with E-state index < -0.39 is 12.4 Å². The van der Waals surface area contributed by atoms with Crippen LogP contribution in [0, 0.1) is 0 Å². The Morgan fingerprint density at radius 1 is 1.25 bits per heavy atom. The van der Waals surface area contributed by atoms with E-state index in [2.05, 4.69) is 25.4 Å². The molecule has 3 aromatic rings. The fourth-order valence-corrected chi connectivity index (χ4v) is 4.28. The third-order valence-electron chi connectivity index (χ3n) is 4.94. The molecule has 5 rings (SSSR count). The highest BCUT2D eigenvalue weighted by Gasteiger charge is 2.41. The number of hydrazone groups is 1. The molecule has 2 aliphatic heterocycles. The Morgan fingerprint density at radius 3 is 2.78 bits per heavy atom. The van der Waals surface area contributed by atoms with Crippen LogP contribution in [0.4, 0.5) is 13.2 Å². The maximum atomic E-state index is 12.9. The van der Waals surface area contributed by atoms with Gasteiger partial charge in [0.25, 0.3) is 5.91 Å². The number of hydrazine groups is 1. The van der Waals surface area contributed by atoms with Crippen molar-refractivity contribution in [3.05, 3.63) is 52.5 Å². The SMILES string of the molecule is O=C1C2CC(c3cccs3)NN2C=NN1Cc1nc(-c2ccc(OC(F)(F)F)cc2)no1. The fourth-order valence-electron chi connectivity index (χ4n) is 3.50. The number of aromatic nitrogens is 2. The second-order valence-electron chi connectivity index (χ2n) is 7.07. The average Bonchev–Trinajstić information content (AvgIpc) is 3.50. The Morgan fingerprint density at radius 2 is 2.06 bits per heavy atom. The van der Waals surface area contributed by atoms with Crippen LogP contribution in [-0.4, -0.2) is 44.8 Å². The predicted molar refractivity (Wildman–Crippen MR) is 106 cm³/mol. The average molecular weight is 464 g/mol. The summed E-state index contributed by atoms with van der Waals surface area (Å²) in [4.78, 5) is 18.3. The van der Waals surface area contributed by atoms with Gasteiger partial charge in [0.05, 0.1) is 6.04 Å². The van der Waals surface area contributed by atoms with Crippen molar-refractivity contribution in [2.24, 2.45) is 5.10 Å². The van der Waals surface area contributed by atoms with E-state index in [0.29, 0.717) is 12.0 Å². The van der Waals surface area contributed by atoms with Gasteiger partial charge in [0.15, 0.2) is 0 Å². The van der Waals surface area contributed by atoms with Gasteiger partial charge in [0.2, 0.25) is 11.7 Å². The highest BCUT2D eigenvalue weighted by molar-refractivity contribution is 7.10. The van der Waals surface area contributed by atoms with Gasteiger partial charge in [-0.05, 0) is 35.7 Å². The van der Waals surface area contributed by atoms with Crippen LogP contribution in [-0.2, 0) is 11.3 Å². The summed E-state index contributed by atoms with van der Waals surface area (Å²) in [7, 11) is 0. The number of carbonyl (C=O) groups is 1. The minimum absolute atomic E-state index is 0.0222. The smallest absolute Gasteiger partial charge is 0.406 e. The van der Waals surface area contributed by atoms with Crippen LogP contribution in [0.2, 0.25) is 0 Å². The number of hydrogen-bond donors (Lipinski definition) is 1. The van der Waals surface area contributed by atoms with Crippen molar-refractivity contribution >= 4 is 23.6 Å². The highest BCUT2D eigenvalue weighted by atomic mass is 32.1. The van der Waals surface area contributed by atoms with Crippen LogP contribution in [0.15, 0.2) is 51.4 Å². The number of nitrogens with one attached hydrogen (secondary N) is 1. The van der Waals surface area contributed by atoms with Crippen molar-refractivity contribution in [3.8, 4) is 17.1 Å². The molecule has 2 unspecified atom stereocenters. The molecule has 1 aromatic carbocycles. The molecular weight excluding hydrogens is 449 g/mol. The molecule has 0 saturated carbocycles. The Labute approximate surface area is 183 Å². The molecule has 0 aliphatic carbocycles. The number of carbonyl (C=O) groups excluding carboxylic acids is 1. The molecule has 0 spiro atoms. The van der Waals surface area contributed by atoms with Crippen molar-refractivity contribution < 1.29 is 27.2 Å². The summed E-state index contributed by atoms with van der Waals surface area (Å²) >= 11 is 1.62. The van der Waals surface area contributed by atoms with Gasteiger partial charge >= 0.3 is 6.36 Å². The Balaban J connectivity index is 1.24. The first-order valence-electron chi connectivity index (χ1n) is 9.48. The standard InChI is InChI=1S/C19H15F3N6O3S/c20-19(21,22)30-12-5-3-11(4-6-12)17-24-16(31-26-17)9-27-18(29)14-8-13(15-2-1-7-32-15)25-28(14)10-23-27/h1-7,10,13-14,25H,8-9H2. The fraction of sp³-hybridized carbons (Fsp3) is 0.263. The number of benzene rings is 1. The van der Waals surface area contributed by atoms with E-state index >= 15 is 0 Å². The molecule has 0 bridgehead atoms. The normalized spacial score (nSPS) is 20.7. The molecule has 1 fully saturated rings. The van der Waals surface area contributed by atoms with Crippen LogP contribution in [0.5, 0.6) is 5.75 Å². The largest absolute Gasteiger partial charge is 0.573 e. The van der Waals surface area contributed by atoms with Gasteiger partial charge in [-0.3, -0.25) is 9.80 Å². The lowest BCUT2D eigenvalue weighted by molar-refractivity contribution is -0.274. The zero-order chi connectivity index (χ0) is 22.3. The number of nitrogens with zero attached hydrogens (tertiary/aromatic N) is 5. The third kappa shape index (κ3) is 4.16. The lowest BCUT2D eigenvalue weighted by Gasteiger charge is -2.29. The molecule has 2 atom stereocenters. The highest BCUT2D eigenvalue weighted by Crippen LogP contribution is 2.32. The molecule has 1 N–H and O–H groups in total. The topological polar surface area (TPSA) is 96.1 Å². The first-order chi connectivity index (χ1) is 15.4. The van der Waals surface area contributed by atoms with Crippen molar-refractivity contribution in [2.75, 3.05) is 0 Å². The molecule has 1 saturated heterocycles. The van der Waals surface area contributed by atoms with E-state index in [4.69, 9.17) is 4.52 Å². The molecular formula is C19H15F3N6O3S. The lowest BCUT2D eigenvalue weighted by atomic mass is 10.1. The van der Waals surface area contributed by atoms with Crippen molar-refractivity contribution in [1.29, 1.82) is 0 Å². The van der Waals surface area contributed by atoms with Crippen LogP contribution in [0.25, 0.3) is 11.4 Å². The lowest BCUT2D eigenvalue weighted by Crippen LogP contribution is -2.50. The number of ether oxygens (including phenoxy) is 1. The van der Waals surface area contributed by atoms with Gasteiger partial charge in [-0.2, -0.15) is 10.1 Å².